The number of alkyl halides is 4. The van der Waals surface area contributed by atoms with Gasteiger partial charge >= 0.3 is 6.18 Å². The quantitative estimate of drug-likeness (QED) is 0.834. The maximum absolute atomic E-state index is 12.5. The summed E-state index contributed by atoms with van der Waals surface area (Å²) in [5, 5.41) is 20.0. The van der Waals surface area contributed by atoms with E-state index in [1.807, 2.05) is 0 Å². The highest BCUT2D eigenvalue weighted by Gasteiger charge is 2.31. The molecule has 2 atom stereocenters. The number of rotatable bonds is 4. The third-order valence-corrected chi connectivity index (χ3v) is 3.14. The van der Waals surface area contributed by atoms with Crippen molar-refractivity contribution in [2.75, 3.05) is 5.33 Å². The molecule has 0 bridgehead atoms. The molecule has 1 aromatic carbocycles. The molecule has 2 nitrogen and oxygen atoms in total. The number of hydrogen-bond donors (Lipinski definition) is 2. The van der Waals surface area contributed by atoms with E-state index in [0.29, 0.717) is 22.9 Å². The highest BCUT2D eigenvalue weighted by molar-refractivity contribution is 9.09. The van der Waals surface area contributed by atoms with Gasteiger partial charge in [-0.05, 0) is 36.6 Å². The number of aryl methyl sites for hydroxylation is 1. The van der Waals surface area contributed by atoms with Crippen molar-refractivity contribution in [2.24, 2.45) is 0 Å². The molecule has 18 heavy (non-hydrogen) atoms. The van der Waals surface area contributed by atoms with Crippen LogP contribution >= 0.6 is 15.9 Å². The van der Waals surface area contributed by atoms with Gasteiger partial charge in [0.25, 0.3) is 0 Å². The van der Waals surface area contributed by atoms with E-state index < -0.39 is 23.9 Å². The zero-order valence-electron chi connectivity index (χ0n) is 9.71. The lowest BCUT2D eigenvalue weighted by molar-refractivity contribution is -0.137. The summed E-state index contributed by atoms with van der Waals surface area (Å²) < 4.78 is 37.4. The Morgan fingerprint density at radius 3 is 2.33 bits per heavy atom. The SMILES string of the molecule is Cc1cc(C(F)(F)F)ccc1C(O)C(O)CCBr. The first-order valence-electron chi connectivity index (χ1n) is 5.37. The van der Waals surface area contributed by atoms with Crippen molar-refractivity contribution in [3.05, 3.63) is 34.9 Å². The van der Waals surface area contributed by atoms with Gasteiger partial charge in [-0.15, -0.1) is 0 Å². The van der Waals surface area contributed by atoms with Crippen LogP contribution in [0.4, 0.5) is 13.2 Å². The van der Waals surface area contributed by atoms with E-state index in [1.54, 1.807) is 0 Å². The summed E-state index contributed by atoms with van der Waals surface area (Å²) in [5.74, 6) is 0. The minimum Gasteiger partial charge on any atom is -0.390 e. The summed E-state index contributed by atoms with van der Waals surface area (Å²) in [6.45, 7) is 1.48. The molecule has 0 aliphatic carbocycles. The fourth-order valence-electron chi connectivity index (χ4n) is 1.66. The van der Waals surface area contributed by atoms with Crippen molar-refractivity contribution < 1.29 is 23.4 Å². The fraction of sp³-hybridized carbons (Fsp3) is 0.500. The standard InChI is InChI=1S/C12H14BrF3O2/c1-7-6-8(12(14,15)16)2-3-9(7)11(18)10(17)4-5-13/h2-3,6,10-11,17-18H,4-5H2,1H3. The molecule has 6 heteroatoms. The van der Waals surface area contributed by atoms with Crippen LogP contribution in [0.5, 0.6) is 0 Å². The summed E-state index contributed by atoms with van der Waals surface area (Å²) in [4.78, 5) is 0. The first-order chi connectivity index (χ1) is 8.27. The zero-order chi connectivity index (χ0) is 13.9. The predicted octanol–water partition coefficient (Wildman–Crippen LogP) is 3.19. The average molecular weight is 327 g/mol. The van der Waals surface area contributed by atoms with Gasteiger partial charge in [0.2, 0.25) is 0 Å². The molecule has 0 aromatic heterocycles. The molecule has 0 fully saturated rings. The van der Waals surface area contributed by atoms with Crippen molar-refractivity contribution in [1.29, 1.82) is 0 Å². The van der Waals surface area contributed by atoms with Crippen LogP contribution in [-0.2, 0) is 6.18 Å². The average Bonchev–Trinajstić information content (AvgIpc) is 2.27. The molecule has 0 heterocycles. The van der Waals surface area contributed by atoms with E-state index in [4.69, 9.17) is 0 Å². The second-order valence-corrected chi connectivity index (χ2v) is 4.85. The molecule has 0 amide bonds. The smallest absolute Gasteiger partial charge is 0.390 e. The summed E-state index contributed by atoms with van der Waals surface area (Å²) in [6, 6.07) is 3.09. The van der Waals surface area contributed by atoms with Crippen LogP contribution in [-0.4, -0.2) is 21.6 Å². The molecule has 0 aliphatic heterocycles. The minimum atomic E-state index is -4.40. The summed E-state index contributed by atoms with van der Waals surface area (Å²) in [5.41, 5.74) is -0.131. The largest absolute Gasteiger partial charge is 0.416 e. The van der Waals surface area contributed by atoms with E-state index in [9.17, 15) is 23.4 Å². The Labute approximate surface area is 112 Å². The highest BCUT2D eigenvalue weighted by Crippen LogP contribution is 2.32. The third kappa shape index (κ3) is 3.70. The molecular weight excluding hydrogens is 313 g/mol. The van der Waals surface area contributed by atoms with Gasteiger partial charge < -0.3 is 10.2 Å². The summed E-state index contributed by atoms with van der Waals surface area (Å²) in [6.07, 6.45) is -6.26. The monoisotopic (exact) mass is 326 g/mol. The van der Waals surface area contributed by atoms with Crippen LogP contribution in [0.2, 0.25) is 0 Å². The van der Waals surface area contributed by atoms with Gasteiger partial charge in [0, 0.05) is 5.33 Å². The number of aliphatic hydroxyl groups excluding tert-OH is 2. The lowest BCUT2D eigenvalue weighted by Gasteiger charge is -2.20. The predicted molar refractivity (Wildman–Crippen MR) is 65.6 cm³/mol. The maximum atomic E-state index is 12.5. The topological polar surface area (TPSA) is 40.5 Å². The first kappa shape index (κ1) is 15.5. The Balaban J connectivity index is 2.99. The normalized spacial score (nSPS) is 15.5. The van der Waals surface area contributed by atoms with Gasteiger partial charge in [-0.3, -0.25) is 0 Å². The third-order valence-electron chi connectivity index (χ3n) is 2.69. The molecule has 0 aliphatic rings. The van der Waals surface area contributed by atoms with Crippen LogP contribution < -0.4 is 0 Å². The van der Waals surface area contributed by atoms with Crippen LogP contribution in [0.1, 0.15) is 29.2 Å². The van der Waals surface area contributed by atoms with Gasteiger partial charge in [-0.25, -0.2) is 0 Å². The Morgan fingerprint density at radius 2 is 1.89 bits per heavy atom. The van der Waals surface area contributed by atoms with E-state index in [-0.39, 0.29) is 0 Å². The van der Waals surface area contributed by atoms with Crippen molar-refractivity contribution >= 4 is 15.9 Å². The zero-order valence-corrected chi connectivity index (χ0v) is 11.3. The maximum Gasteiger partial charge on any atom is 0.416 e. The van der Waals surface area contributed by atoms with Crippen molar-refractivity contribution in [2.45, 2.75) is 31.7 Å². The molecule has 1 rings (SSSR count). The number of halogens is 4. The van der Waals surface area contributed by atoms with Gasteiger partial charge in [0.1, 0.15) is 6.10 Å². The Kier molecular flexibility index (Phi) is 5.19. The summed E-state index contributed by atoms with van der Waals surface area (Å²) >= 11 is 3.13. The lowest BCUT2D eigenvalue weighted by atomic mass is 9.96. The lowest BCUT2D eigenvalue weighted by Crippen LogP contribution is -2.20. The van der Waals surface area contributed by atoms with Gasteiger partial charge in [0.15, 0.2) is 0 Å². The van der Waals surface area contributed by atoms with Crippen LogP contribution in [0.3, 0.4) is 0 Å². The van der Waals surface area contributed by atoms with E-state index in [0.717, 1.165) is 12.1 Å². The molecule has 102 valence electrons. The molecule has 2 N–H and O–H groups in total. The van der Waals surface area contributed by atoms with E-state index >= 15 is 0 Å². The first-order valence-corrected chi connectivity index (χ1v) is 6.49. The molecule has 0 spiro atoms. The number of aliphatic hydroxyl groups is 2. The molecule has 0 radical (unpaired) electrons. The Bertz CT molecular complexity index is 407. The van der Waals surface area contributed by atoms with Gasteiger partial charge in [-0.2, -0.15) is 13.2 Å². The van der Waals surface area contributed by atoms with E-state index in [2.05, 4.69) is 15.9 Å². The number of hydrogen-bond acceptors (Lipinski definition) is 2. The van der Waals surface area contributed by atoms with E-state index in [1.165, 1.54) is 13.0 Å². The van der Waals surface area contributed by atoms with Crippen LogP contribution in [0.25, 0.3) is 0 Å². The van der Waals surface area contributed by atoms with Crippen molar-refractivity contribution in [3.8, 4) is 0 Å². The minimum absolute atomic E-state index is 0.311. The molecular formula is C12H14BrF3O2. The Hall–Kier alpha value is -0.590. The van der Waals surface area contributed by atoms with Crippen LogP contribution in [0, 0.1) is 6.92 Å². The van der Waals surface area contributed by atoms with Gasteiger partial charge in [-0.1, -0.05) is 22.0 Å². The van der Waals surface area contributed by atoms with Crippen molar-refractivity contribution in [1.82, 2.24) is 0 Å². The number of benzene rings is 1. The highest BCUT2D eigenvalue weighted by atomic mass is 79.9. The molecule has 1 aromatic rings. The molecule has 0 saturated carbocycles. The summed E-state index contributed by atoms with van der Waals surface area (Å²) in [7, 11) is 0. The molecule has 2 unspecified atom stereocenters. The second-order valence-electron chi connectivity index (χ2n) is 4.06. The second kappa shape index (κ2) is 6.04. The van der Waals surface area contributed by atoms with Crippen LogP contribution in [0.15, 0.2) is 18.2 Å². The molecule has 0 saturated heterocycles. The van der Waals surface area contributed by atoms with Gasteiger partial charge in [0.05, 0.1) is 11.7 Å². The fourth-order valence-corrected chi connectivity index (χ4v) is 2.13. The Morgan fingerprint density at radius 1 is 1.28 bits per heavy atom. The van der Waals surface area contributed by atoms with Crippen molar-refractivity contribution in [3.63, 3.8) is 0 Å².